The van der Waals surface area contributed by atoms with Crippen LogP contribution < -0.4 is 4.90 Å². The van der Waals surface area contributed by atoms with Gasteiger partial charge in [0, 0.05) is 32.2 Å². The van der Waals surface area contributed by atoms with Gasteiger partial charge in [-0.15, -0.1) is 0 Å². The van der Waals surface area contributed by atoms with E-state index in [1.54, 1.807) is 16.8 Å². The van der Waals surface area contributed by atoms with Gasteiger partial charge in [0.1, 0.15) is 0 Å². The molecule has 1 saturated heterocycles. The van der Waals surface area contributed by atoms with Gasteiger partial charge in [-0.3, -0.25) is 9.59 Å². The average molecular weight is 330 g/mol. The van der Waals surface area contributed by atoms with Crippen LogP contribution in [0.5, 0.6) is 0 Å². The number of amides is 2. The molecule has 130 valence electrons. The van der Waals surface area contributed by atoms with Gasteiger partial charge >= 0.3 is 0 Å². The van der Waals surface area contributed by atoms with E-state index >= 15 is 0 Å². The molecule has 1 saturated carbocycles. The summed E-state index contributed by atoms with van der Waals surface area (Å²) in [7, 11) is 1.76. The number of carbonyl (C=O) groups is 2. The predicted octanol–water partition coefficient (Wildman–Crippen LogP) is 2.12. The van der Waals surface area contributed by atoms with Crippen LogP contribution >= 0.6 is 0 Å². The summed E-state index contributed by atoms with van der Waals surface area (Å²) in [5.41, 5.74) is 1.13. The van der Waals surface area contributed by atoms with Crippen molar-refractivity contribution in [1.82, 2.24) is 4.90 Å². The lowest BCUT2D eigenvalue weighted by Crippen LogP contribution is -2.42. The second-order valence-corrected chi connectivity index (χ2v) is 7.17. The highest BCUT2D eigenvalue weighted by molar-refractivity contribution is 5.95. The van der Waals surface area contributed by atoms with Crippen LogP contribution in [0.4, 0.5) is 5.69 Å². The zero-order valence-electron chi connectivity index (χ0n) is 14.3. The molecule has 0 radical (unpaired) electrons. The van der Waals surface area contributed by atoms with Crippen molar-refractivity contribution < 1.29 is 14.7 Å². The summed E-state index contributed by atoms with van der Waals surface area (Å²) in [6.45, 7) is 1.19. The summed E-state index contributed by atoms with van der Waals surface area (Å²) < 4.78 is 0. The fourth-order valence-electron chi connectivity index (χ4n) is 3.75. The number of carbonyl (C=O) groups excluding carboxylic acids is 2. The molecular formula is C19H26N2O3. The van der Waals surface area contributed by atoms with Crippen molar-refractivity contribution >= 4 is 17.5 Å². The van der Waals surface area contributed by atoms with E-state index in [0.717, 1.165) is 49.9 Å². The summed E-state index contributed by atoms with van der Waals surface area (Å²) in [6, 6.07) is 7.65. The van der Waals surface area contributed by atoms with E-state index in [-0.39, 0.29) is 11.8 Å². The number of likely N-dealkylation sites (N-methyl/N-ethyl adjacent to an activating group) is 1. The zero-order chi connectivity index (χ0) is 17.2. The van der Waals surface area contributed by atoms with E-state index in [1.165, 1.54) is 0 Å². The van der Waals surface area contributed by atoms with Crippen molar-refractivity contribution in [2.45, 2.75) is 50.5 Å². The van der Waals surface area contributed by atoms with Crippen LogP contribution in [0.15, 0.2) is 24.3 Å². The number of hydrogen-bond acceptors (Lipinski definition) is 3. The van der Waals surface area contributed by atoms with Gasteiger partial charge in [-0.2, -0.15) is 0 Å². The van der Waals surface area contributed by atoms with Gasteiger partial charge in [0.25, 0.3) is 0 Å². The number of aliphatic hydroxyl groups is 1. The average Bonchev–Trinajstić information content (AvgIpc) is 3.17. The van der Waals surface area contributed by atoms with Gasteiger partial charge in [-0.05, 0) is 37.0 Å². The van der Waals surface area contributed by atoms with Crippen LogP contribution in [0.3, 0.4) is 0 Å². The fraction of sp³-hybridized carbons (Fsp3) is 0.579. The molecule has 2 fully saturated rings. The molecule has 2 aliphatic rings. The standard InChI is InChI=1S/C19H26N2O3/c1-20(14-19(24)10-2-3-11-19)18(23)13-15-6-8-16(9-7-15)21-12-4-5-17(21)22/h6-9,24H,2-5,10-14H2,1H3. The molecule has 5 nitrogen and oxygen atoms in total. The van der Waals surface area contributed by atoms with Crippen molar-refractivity contribution in [2.24, 2.45) is 0 Å². The summed E-state index contributed by atoms with van der Waals surface area (Å²) in [4.78, 5) is 27.6. The minimum absolute atomic E-state index is 0.0142. The first-order chi connectivity index (χ1) is 11.5. The van der Waals surface area contributed by atoms with Crippen LogP contribution in [-0.4, -0.2) is 47.6 Å². The van der Waals surface area contributed by atoms with Crippen molar-refractivity contribution in [2.75, 3.05) is 25.0 Å². The summed E-state index contributed by atoms with van der Waals surface area (Å²) >= 11 is 0. The number of nitrogens with zero attached hydrogens (tertiary/aromatic N) is 2. The fourth-order valence-corrected chi connectivity index (χ4v) is 3.75. The molecule has 1 aromatic carbocycles. The Morgan fingerprint density at radius 2 is 1.88 bits per heavy atom. The lowest BCUT2D eigenvalue weighted by molar-refractivity contribution is -0.132. The number of hydrogen-bond donors (Lipinski definition) is 1. The van der Waals surface area contributed by atoms with E-state index < -0.39 is 5.60 Å². The van der Waals surface area contributed by atoms with E-state index in [9.17, 15) is 14.7 Å². The quantitative estimate of drug-likeness (QED) is 0.899. The highest BCUT2D eigenvalue weighted by Gasteiger charge is 2.33. The van der Waals surface area contributed by atoms with Crippen LogP contribution in [0, 0.1) is 0 Å². The monoisotopic (exact) mass is 330 g/mol. The zero-order valence-corrected chi connectivity index (χ0v) is 14.3. The van der Waals surface area contributed by atoms with E-state index in [4.69, 9.17) is 0 Å². The van der Waals surface area contributed by atoms with E-state index in [2.05, 4.69) is 0 Å². The van der Waals surface area contributed by atoms with Crippen LogP contribution in [0.25, 0.3) is 0 Å². The minimum Gasteiger partial charge on any atom is -0.388 e. The molecule has 3 rings (SSSR count). The van der Waals surface area contributed by atoms with E-state index in [1.807, 2.05) is 24.3 Å². The number of anilines is 1. The minimum atomic E-state index is -0.704. The summed E-state index contributed by atoms with van der Waals surface area (Å²) in [5.74, 6) is 0.184. The summed E-state index contributed by atoms with van der Waals surface area (Å²) in [5, 5.41) is 10.4. The Hall–Kier alpha value is -1.88. The largest absolute Gasteiger partial charge is 0.388 e. The lowest BCUT2D eigenvalue weighted by atomic mass is 10.0. The topological polar surface area (TPSA) is 60.9 Å². The molecule has 24 heavy (non-hydrogen) atoms. The van der Waals surface area contributed by atoms with Crippen molar-refractivity contribution in [3.8, 4) is 0 Å². The third kappa shape index (κ3) is 3.78. The molecule has 1 aliphatic carbocycles. The Balaban J connectivity index is 1.57. The van der Waals surface area contributed by atoms with E-state index in [0.29, 0.717) is 19.4 Å². The second-order valence-electron chi connectivity index (χ2n) is 7.17. The van der Waals surface area contributed by atoms with Crippen molar-refractivity contribution in [3.05, 3.63) is 29.8 Å². The molecule has 1 aromatic rings. The van der Waals surface area contributed by atoms with Crippen LogP contribution in [0.1, 0.15) is 44.1 Å². The van der Waals surface area contributed by atoms with Crippen LogP contribution in [-0.2, 0) is 16.0 Å². The first-order valence-electron chi connectivity index (χ1n) is 8.83. The van der Waals surface area contributed by atoms with Crippen molar-refractivity contribution in [3.63, 3.8) is 0 Å². The maximum Gasteiger partial charge on any atom is 0.227 e. The van der Waals surface area contributed by atoms with Gasteiger partial charge in [0.15, 0.2) is 0 Å². The number of benzene rings is 1. The number of rotatable bonds is 5. The van der Waals surface area contributed by atoms with Gasteiger partial charge in [0.05, 0.1) is 12.0 Å². The van der Waals surface area contributed by atoms with Gasteiger partial charge in [-0.1, -0.05) is 25.0 Å². The molecule has 1 N–H and O–H groups in total. The highest BCUT2D eigenvalue weighted by Crippen LogP contribution is 2.30. The Labute approximate surface area is 143 Å². The highest BCUT2D eigenvalue weighted by atomic mass is 16.3. The summed E-state index contributed by atoms with van der Waals surface area (Å²) in [6.07, 6.45) is 5.48. The molecule has 0 aromatic heterocycles. The first kappa shape index (κ1) is 17.0. The third-order valence-electron chi connectivity index (χ3n) is 5.17. The maximum atomic E-state index is 12.4. The molecule has 1 heterocycles. The maximum absolute atomic E-state index is 12.4. The van der Waals surface area contributed by atoms with Gasteiger partial charge in [-0.25, -0.2) is 0 Å². The third-order valence-corrected chi connectivity index (χ3v) is 5.17. The predicted molar refractivity (Wildman–Crippen MR) is 92.8 cm³/mol. The molecule has 0 atom stereocenters. The molecular weight excluding hydrogens is 304 g/mol. The van der Waals surface area contributed by atoms with Crippen LogP contribution in [0.2, 0.25) is 0 Å². The molecule has 5 heteroatoms. The Bertz CT molecular complexity index is 606. The molecule has 2 amide bonds. The van der Waals surface area contributed by atoms with Crippen molar-refractivity contribution in [1.29, 1.82) is 0 Å². The molecule has 0 unspecified atom stereocenters. The smallest absolute Gasteiger partial charge is 0.227 e. The Morgan fingerprint density at radius 3 is 2.46 bits per heavy atom. The molecule has 0 spiro atoms. The molecule has 0 bridgehead atoms. The Kier molecular flexibility index (Phi) is 4.90. The second kappa shape index (κ2) is 6.93. The van der Waals surface area contributed by atoms with Gasteiger partial charge < -0.3 is 14.9 Å². The van der Waals surface area contributed by atoms with Gasteiger partial charge in [0.2, 0.25) is 11.8 Å². The molecule has 1 aliphatic heterocycles. The lowest BCUT2D eigenvalue weighted by Gasteiger charge is -2.28. The first-order valence-corrected chi connectivity index (χ1v) is 8.83. The normalized spacial score (nSPS) is 19.8. The SMILES string of the molecule is CN(CC1(O)CCCC1)C(=O)Cc1ccc(N2CCCC2=O)cc1. The Morgan fingerprint density at radius 1 is 1.21 bits per heavy atom.